The second-order valence-electron chi connectivity index (χ2n) is 6.29. The van der Waals surface area contributed by atoms with Crippen molar-refractivity contribution in [2.75, 3.05) is 0 Å². The molecule has 1 aliphatic heterocycles. The van der Waals surface area contributed by atoms with Gasteiger partial charge in [0.1, 0.15) is 18.2 Å². The minimum Gasteiger partial charge on any atom is -0.489 e. The number of benzene rings is 3. The molecule has 4 rings (SSSR count). The summed E-state index contributed by atoms with van der Waals surface area (Å²) < 4.78 is 25.6. The first kappa shape index (κ1) is 19.3. The number of hydrogen-bond donors (Lipinski definition) is 0. The number of esters is 1. The fraction of sp³-hybridized carbons (Fsp3) is 0.0435. The monoisotopic (exact) mass is 499 g/mol. The van der Waals surface area contributed by atoms with Crippen LogP contribution in [-0.4, -0.2) is 11.9 Å². The van der Waals surface area contributed by atoms with Gasteiger partial charge in [0.15, 0.2) is 5.70 Å². The number of hydrogen-bond acceptors (Lipinski definition) is 4. The summed E-state index contributed by atoms with van der Waals surface area (Å²) in [5.74, 6) is 0.115. The van der Waals surface area contributed by atoms with E-state index in [1.807, 2.05) is 24.3 Å². The third kappa shape index (κ3) is 4.71. The molecular weight excluding hydrogens is 484 g/mol. The van der Waals surface area contributed by atoms with Gasteiger partial charge in [0.2, 0.25) is 5.90 Å². The van der Waals surface area contributed by atoms with Crippen LogP contribution in [0.4, 0.5) is 4.39 Å². The second kappa shape index (κ2) is 8.57. The van der Waals surface area contributed by atoms with Crippen molar-refractivity contribution < 1.29 is 18.7 Å². The summed E-state index contributed by atoms with van der Waals surface area (Å²) in [6.07, 6.45) is 1.66. The van der Waals surface area contributed by atoms with Crippen LogP contribution in [0.2, 0.25) is 0 Å². The van der Waals surface area contributed by atoms with Gasteiger partial charge in [0, 0.05) is 14.7 Å². The first-order chi connectivity index (χ1) is 14.1. The van der Waals surface area contributed by atoms with E-state index in [2.05, 4.69) is 27.6 Å². The molecule has 0 atom stereocenters. The highest BCUT2D eigenvalue weighted by atomic mass is 127. The van der Waals surface area contributed by atoms with E-state index in [1.54, 1.807) is 48.5 Å². The van der Waals surface area contributed by atoms with Gasteiger partial charge >= 0.3 is 5.97 Å². The molecule has 144 valence electrons. The van der Waals surface area contributed by atoms with Crippen LogP contribution in [-0.2, 0) is 16.1 Å². The van der Waals surface area contributed by atoms with Crippen LogP contribution in [0.15, 0.2) is 83.5 Å². The lowest BCUT2D eigenvalue weighted by Crippen LogP contribution is -2.05. The molecule has 0 amide bonds. The molecule has 0 bridgehead atoms. The van der Waals surface area contributed by atoms with Crippen LogP contribution in [0.5, 0.6) is 5.75 Å². The molecule has 0 aliphatic carbocycles. The molecule has 1 aliphatic rings. The Morgan fingerprint density at radius 1 is 1.00 bits per heavy atom. The highest BCUT2D eigenvalue weighted by Crippen LogP contribution is 2.21. The van der Waals surface area contributed by atoms with Crippen LogP contribution < -0.4 is 4.74 Å². The highest BCUT2D eigenvalue weighted by Gasteiger charge is 2.24. The summed E-state index contributed by atoms with van der Waals surface area (Å²) in [6.45, 7) is 0.142. The largest absolute Gasteiger partial charge is 0.489 e. The van der Waals surface area contributed by atoms with Gasteiger partial charge in [-0.05, 0) is 76.7 Å². The second-order valence-corrected chi connectivity index (χ2v) is 7.54. The lowest BCUT2D eigenvalue weighted by Gasteiger charge is -2.07. The van der Waals surface area contributed by atoms with Gasteiger partial charge in [-0.2, -0.15) is 0 Å². The molecule has 0 N–H and O–H groups in total. The average Bonchev–Trinajstić information content (AvgIpc) is 3.09. The third-order valence-electron chi connectivity index (χ3n) is 4.25. The number of cyclic esters (lactones) is 1. The minimum atomic E-state index is -0.488. The molecule has 29 heavy (non-hydrogen) atoms. The summed E-state index contributed by atoms with van der Waals surface area (Å²) in [6, 6.07) is 21.2. The van der Waals surface area contributed by atoms with Gasteiger partial charge in [-0.25, -0.2) is 14.2 Å². The Bertz CT molecular complexity index is 1110. The zero-order valence-electron chi connectivity index (χ0n) is 15.1. The molecule has 0 saturated carbocycles. The van der Waals surface area contributed by atoms with Gasteiger partial charge in [-0.1, -0.05) is 30.3 Å². The lowest BCUT2D eigenvalue weighted by molar-refractivity contribution is -0.129. The van der Waals surface area contributed by atoms with Crippen molar-refractivity contribution in [2.45, 2.75) is 6.61 Å². The maximum atomic E-state index is 13.7. The number of ether oxygens (including phenoxy) is 2. The summed E-state index contributed by atoms with van der Waals surface area (Å²) in [5.41, 5.74) is 2.25. The van der Waals surface area contributed by atoms with E-state index < -0.39 is 5.97 Å². The van der Waals surface area contributed by atoms with E-state index in [0.717, 1.165) is 14.7 Å². The minimum absolute atomic E-state index is 0.142. The van der Waals surface area contributed by atoms with Crippen LogP contribution in [0, 0.1) is 9.39 Å². The van der Waals surface area contributed by atoms with Crippen molar-refractivity contribution in [1.82, 2.24) is 0 Å². The number of halogens is 2. The van der Waals surface area contributed by atoms with Crippen molar-refractivity contribution in [3.8, 4) is 5.75 Å². The predicted octanol–water partition coefficient (Wildman–Crippen LogP) is 5.35. The summed E-state index contributed by atoms with van der Waals surface area (Å²) in [7, 11) is 0. The van der Waals surface area contributed by atoms with E-state index in [1.165, 1.54) is 6.07 Å². The highest BCUT2D eigenvalue weighted by molar-refractivity contribution is 14.1. The normalized spacial score (nSPS) is 14.6. The standard InChI is InChI=1S/C23H15FINO3/c24-20-4-2-1-3-17(20)14-28-19-11-5-15(6-12-19)13-21-23(27)29-22(26-21)16-7-9-18(25)10-8-16/h1-13H,14H2/b21-13-. The molecule has 0 aromatic heterocycles. The number of aliphatic imine (C=N–C) groups is 1. The van der Waals surface area contributed by atoms with Gasteiger partial charge in [0.25, 0.3) is 0 Å². The molecule has 0 spiro atoms. The average molecular weight is 499 g/mol. The fourth-order valence-corrected chi connectivity index (χ4v) is 3.08. The van der Waals surface area contributed by atoms with Gasteiger partial charge in [0.05, 0.1) is 0 Å². The van der Waals surface area contributed by atoms with E-state index in [-0.39, 0.29) is 18.1 Å². The van der Waals surface area contributed by atoms with Crippen LogP contribution in [0.25, 0.3) is 6.08 Å². The van der Waals surface area contributed by atoms with E-state index in [9.17, 15) is 9.18 Å². The molecular formula is C23H15FINO3. The van der Waals surface area contributed by atoms with Crippen LogP contribution in [0.3, 0.4) is 0 Å². The zero-order chi connectivity index (χ0) is 20.2. The van der Waals surface area contributed by atoms with Gasteiger partial charge < -0.3 is 9.47 Å². The number of carbonyl (C=O) groups is 1. The molecule has 3 aromatic carbocycles. The van der Waals surface area contributed by atoms with Crippen molar-refractivity contribution in [3.05, 3.63) is 105 Å². The molecule has 3 aromatic rings. The molecule has 0 unspecified atom stereocenters. The third-order valence-corrected chi connectivity index (χ3v) is 4.97. The zero-order valence-corrected chi connectivity index (χ0v) is 17.3. The first-order valence-corrected chi connectivity index (χ1v) is 9.91. The summed E-state index contributed by atoms with van der Waals surface area (Å²) >= 11 is 2.21. The Balaban J connectivity index is 1.46. The molecule has 0 fully saturated rings. The van der Waals surface area contributed by atoms with Gasteiger partial charge in [-0.3, -0.25) is 0 Å². The van der Waals surface area contributed by atoms with E-state index in [4.69, 9.17) is 9.47 Å². The maximum absolute atomic E-state index is 13.7. The molecule has 0 radical (unpaired) electrons. The SMILES string of the molecule is O=C1OC(c2ccc(I)cc2)=N/C1=C\c1ccc(OCc2ccccc2F)cc1. The van der Waals surface area contributed by atoms with Crippen molar-refractivity contribution >= 4 is 40.5 Å². The maximum Gasteiger partial charge on any atom is 0.363 e. The van der Waals surface area contributed by atoms with Crippen molar-refractivity contribution in [2.24, 2.45) is 4.99 Å². The van der Waals surface area contributed by atoms with Crippen molar-refractivity contribution in [3.63, 3.8) is 0 Å². The topological polar surface area (TPSA) is 47.9 Å². The lowest BCUT2D eigenvalue weighted by atomic mass is 10.2. The number of carbonyl (C=O) groups excluding carboxylic acids is 1. The number of rotatable bonds is 5. The summed E-state index contributed by atoms with van der Waals surface area (Å²) in [4.78, 5) is 16.4. The molecule has 4 nitrogen and oxygen atoms in total. The quantitative estimate of drug-likeness (QED) is 0.270. The Labute approximate surface area is 180 Å². The Morgan fingerprint density at radius 3 is 2.45 bits per heavy atom. The van der Waals surface area contributed by atoms with E-state index in [0.29, 0.717) is 17.2 Å². The Hall–Kier alpha value is -3.00. The Kier molecular flexibility index (Phi) is 5.71. The predicted molar refractivity (Wildman–Crippen MR) is 117 cm³/mol. The number of nitrogens with zero attached hydrogens (tertiary/aromatic N) is 1. The summed E-state index contributed by atoms with van der Waals surface area (Å²) in [5, 5.41) is 0. The van der Waals surface area contributed by atoms with Crippen LogP contribution in [0.1, 0.15) is 16.7 Å². The smallest absolute Gasteiger partial charge is 0.363 e. The molecule has 0 saturated heterocycles. The molecule has 6 heteroatoms. The van der Waals surface area contributed by atoms with E-state index >= 15 is 0 Å². The van der Waals surface area contributed by atoms with Crippen LogP contribution >= 0.6 is 22.6 Å². The first-order valence-electron chi connectivity index (χ1n) is 8.83. The van der Waals surface area contributed by atoms with Gasteiger partial charge in [-0.15, -0.1) is 0 Å². The molecule has 1 heterocycles. The fourth-order valence-electron chi connectivity index (χ4n) is 2.72. The Morgan fingerprint density at radius 2 is 1.72 bits per heavy atom. The van der Waals surface area contributed by atoms with Crippen molar-refractivity contribution in [1.29, 1.82) is 0 Å².